The fourth-order valence-electron chi connectivity index (χ4n) is 2.35. The molecule has 0 bridgehead atoms. The van der Waals surface area contributed by atoms with Crippen LogP contribution in [0.4, 0.5) is 0 Å². The van der Waals surface area contributed by atoms with Crippen molar-refractivity contribution in [3.63, 3.8) is 0 Å². The summed E-state index contributed by atoms with van der Waals surface area (Å²) in [7, 11) is 0. The van der Waals surface area contributed by atoms with E-state index in [-0.39, 0.29) is 12.5 Å². The van der Waals surface area contributed by atoms with Crippen LogP contribution in [0.1, 0.15) is 11.1 Å². The van der Waals surface area contributed by atoms with Crippen LogP contribution in [-0.2, 0) is 4.79 Å². The fraction of sp³-hybridized carbons (Fsp3) is 0.562. The molecule has 0 atom stereocenters. The molecule has 0 unspecified atom stereocenters. The largest absolute Gasteiger partial charge is 0.483 e. The lowest BCUT2D eigenvalue weighted by Gasteiger charge is -2.27. The number of nitrogens with zero attached hydrogens (tertiary/aromatic N) is 1. The van der Waals surface area contributed by atoms with E-state index < -0.39 is 0 Å². The molecule has 0 saturated carbocycles. The van der Waals surface area contributed by atoms with E-state index in [2.05, 4.69) is 15.5 Å². The molecule has 21 heavy (non-hydrogen) atoms. The van der Waals surface area contributed by atoms with E-state index in [1.54, 1.807) is 0 Å². The number of carbonyl (C=O) groups excluding carboxylic acids is 1. The Balaban J connectivity index is 1.66. The standard InChI is InChI=1S/C16H25N3O2/c1-13-3-4-14(2)15(11-13)21-12-16(20)18-7-10-19-8-5-17-6-9-19/h3-4,11,17H,5-10,12H2,1-2H3,(H,18,20). The van der Waals surface area contributed by atoms with Crippen molar-refractivity contribution in [2.75, 3.05) is 45.9 Å². The Morgan fingerprint density at radius 1 is 1.33 bits per heavy atom. The molecule has 0 radical (unpaired) electrons. The molecule has 1 aliphatic heterocycles. The summed E-state index contributed by atoms with van der Waals surface area (Å²) < 4.78 is 5.59. The van der Waals surface area contributed by atoms with Crippen molar-refractivity contribution in [3.8, 4) is 5.75 Å². The van der Waals surface area contributed by atoms with Gasteiger partial charge in [-0.1, -0.05) is 12.1 Å². The number of amides is 1. The molecule has 1 aromatic carbocycles. The lowest BCUT2D eigenvalue weighted by atomic mass is 10.1. The Labute approximate surface area is 126 Å². The van der Waals surface area contributed by atoms with Gasteiger partial charge in [0.15, 0.2) is 6.61 Å². The third-order valence-electron chi connectivity index (χ3n) is 3.66. The minimum absolute atomic E-state index is 0.0639. The first-order valence-electron chi connectivity index (χ1n) is 7.55. The van der Waals surface area contributed by atoms with Gasteiger partial charge in [0.1, 0.15) is 5.75 Å². The van der Waals surface area contributed by atoms with Crippen molar-refractivity contribution in [1.29, 1.82) is 0 Å². The molecule has 116 valence electrons. The first-order chi connectivity index (χ1) is 10.1. The lowest BCUT2D eigenvalue weighted by molar-refractivity contribution is -0.123. The van der Waals surface area contributed by atoms with Gasteiger partial charge in [0.25, 0.3) is 5.91 Å². The maximum absolute atomic E-state index is 11.8. The predicted molar refractivity (Wildman–Crippen MR) is 83.7 cm³/mol. The molecule has 5 heteroatoms. The minimum Gasteiger partial charge on any atom is -0.483 e. The summed E-state index contributed by atoms with van der Waals surface area (Å²) in [6.07, 6.45) is 0. The average molecular weight is 291 g/mol. The summed E-state index contributed by atoms with van der Waals surface area (Å²) in [6.45, 7) is 9.81. The van der Waals surface area contributed by atoms with E-state index in [0.29, 0.717) is 6.54 Å². The third-order valence-corrected chi connectivity index (χ3v) is 3.66. The van der Waals surface area contributed by atoms with E-state index in [4.69, 9.17) is 4.74 Å². The molecule has 1 aromatic rings. The summed E-state index contributed by atoms with van der Waals surface area (Å²) >= 11 is 0. The number of aryl methyl sites for hydroxylation is 2. The van der Waals surface area contributed by atoms with Gasteiger partial charge in [0, 0.05) is 39.3 Å². The Morgan fingerprint density at radius 3 is 2.86 bits per heavy atom. The number of nitrogens with one attached hydrogen (secondary N) is 2. The van der Waals surface area contributed by atoms with E-state index in [1.807, 2.05) is 32.0 Å². The highest BCUT2D eigenvalue weighted by molar-refractivity contribution is 5.77. The zero-order valence-electron chi connectivity index (χ0n) is 12.9. The van der Waals surface area contributed by atoms with Gasteiger partial charge in [-0.05, 0) is 31.0 Å². The molecule has 1 aliphatic rings. The molecule has 0 aromatic heterocycles. The van der Waals surface area contributed by atoms with E-state index in [9.17, 15) is 4.79 Å². The smallest absolute Gasteiger partial charge is 0.257 e. The van der Waals surface area contributed by atoms with Crippen LogP contribution in [0.2, 0.25) is 0 Å². The first kappa shape index (κ1) is 15.8. The number of carbonyl (C=O) groups is 1. The second-order valence-electron chi connectivity index (χ2n) is 5.50. The van der Waals surface area contributed by atoms with Gasteiger partial charge < -0.3 is 15.4 Å². The number of benzene rings is 1. The van der Waals surface area contributed by atoms with Crippen molar-refractivity contribution in [2.24, 2.45) is 0 Å². The topological polar surface area (TPSA) is 53.6 Å². The summed E-state index contributed by atoms with van der Waals surface area (Å²) in [5.74, 6) is 0.721. The summed E-state index contributed by atoms with van der Waals surface area (Å²) in [5.41, 5.74) is 2.18. The van der Waals surface area contributed by atoms with Crippen molar-refractivity contribution in [2.45, 2.75) is 13.8 Å². The first-order valence-corrected chi connectivity index (χ1v) is 7.55. The molecule has 1 amide bonds. The van der Waals surface area contributed by atoms with Gasteiger partial charge in [-0.2, -0.15) is 0 Å². The Morgan fingerprint density at radius 2 is 2.10 bits per heavy atom. The van der Waals surface area contributed by atoms with Crippen LogP contribution in [0, 0.1) is 13.8 Å². The second kappa shape index (κ2) is 8.00. The molecule has 1 saturated heterocycles. The maximum Gasteiger partial charge on any atom is 0.257 e. The number of ether oxygens (including phenoxy) is 1. The van der Waals surface area contributed by atoms with Crippen molar-refractivity contribution in [1.82, 2.24) is 15.5 Å². The van der Waals surface area contributed by atoms with Crippen LogP contribution in [0.3, 0.4) is 0 Å². The molecule has 2 rings (SSSR count). The van der Waals surface area contributed by atoms with E-state index in [0.717, 1.165) is 49.6 Å². The minimum atomic E-state index is -0.0639. The van der Waals surface area contributed by atoms with Gasteiger partial charge in [-0.3, -0.25) is 9.69 Å². The number of piperazine rings is 1. The number of rotatable bonds is 6. The van der Waals surface area contributed by atoms with Gasteiger partial charge in [-0.25, -0.2) is 0 Å². The van der Waals surface area contributed by atoms with Crippen LogP contribution in [0.15, 0.2) is 18.2 Å². The SMILES string of the molecule is Cc1ccc(C)c(OCC(=O)NCCN2CCNCC2)c1. The van der Waals surface area contributed by atoms with Crippen molar-refractivity contribution < 1.29 is 9.53 Å². The Hall–Kier alpha value is -1.59. The molecule has 0 aliphatic carbocycles. The van der Waals surface area contributed by atoms with Gasteiger partial charge in [-0.15, -0.1) is 0 Å². The quantitative estimate of drug-likeness (QED) is 0.810. The molecule has 5 nitrogen and oxygen atoms in total. The zero-order valence-corrected chi connectivity index (χ0v) is 12.9. The molecule has 2 N–H and O–H groups in total. The fourth-order valence-corrected chi connectivity index (χ4v) is 2.35. The average Bonchev–Trinajstić information content (AvgIpc) is 2.49. The highest BCUT2D eigenvalue weighted by Gasteiger charge is 2.10. The molecular weight excluding hydrogens is 266 g/mol. The van der Waals surface area contributed by atoms with Crippen LogP contribution in [-0.4, -0.2) is 56.7 Å². The molecule has 1 heterocycles. The number of hydrogen-bond donors (Lipinski definition) is 2. The summed E-state index contributed by atoms with van der Waals surface area (Å²) in [5, 5.41) is 6.22. The summed E-state index contributed by atoms with van der Waals surface area (Å²) in [6, 6.07) is 6.01. The molecule has 1 fully saturated rings. The van der Waals surface area contributed by atoms with Crippen LogP contribution < -0.4 is 15.4 Å². The van der Waals surface area contributed by atoms with Gasteiger partial charge in [0.2, 0.25) is 0 Å². The second-order valence-corrected chi connectivity index (χ2v) is 5.50. The lowest BCUT2D eigenvalue weighted by Crippen LogP contribution is -2.46. The van der Waals surface area contributed by atoms with Crippen LogP contribution in [0.5, 0.6) is 5.75 Å². The molecular formula is C16H25N3O2. The summed E-state index contributed by atoms with van der Waals surface area (Å²) in [4.78, 5) is 14.1. The van der Waals surface area contributed by atoms with Gasteiger partial charge in [0.05, 0.1) is 0 Å². The highest BCUT2D eigenvalue weighted by Crippen LogP contribution is 2.18. The highest BCUT2D eigenvalue weighted by atomic mass is 16.5. The molecule has 0 spiro atoms. The van der Waals surface area contributed by atoms with Crippen molar-refractivity contribution >= 4 is 5.91 Å². The monoisotopic (exact) mass is 291 g/mol. The number of hydrogen-bond acceptors (Lipinski definition) is 4. The zero-order chi connectivity index (χ0) is 15.1. The Bertz CT molecular complexity index is 471. The van der Waals surface area contributed by atoms with Gasteiger partial charge >= 0.3 is 0 Å². The predicted octanol–water partition coefficient (Wildman–Crippen LogP) is 0.704. The third kappa shape index (κ3) is 5.36. The maximum atomic E-state index is 11.8. The Kier molecular flexibility index (Phi) is 6.02. The van der Waals surface area contributed by atoms with Crippen LogP contribution in [0.25, 0.3) is 0 Å². The van der Waals surface area contributed by atoms with E-state index >= 15 is 0 Å². The normalized spacial score (nSPS) is 15.7. The van der Waals surface area contributed by atoms with Crippen molar-refractivity contribution in [3.05, 3.63) is 29.3 Å². The van der Waals surface area contributed by atoms with E-state index in [1.165, 1.54) is 0 Å². The van der Waals surface area contributed by atoms with Crippen LogP contribution >= 0.6 is 0 Å².